The number of anilines is 2. The van der Waals surface area contributed by atoms with Crippen molar-refractivity contribution < 1.29 is 14.1 Å². The van der Waals surface area contributed by atoms with Crippen LogP contribution in [0.3, 0.4) is 0 Å². The molecule has 9 nitrogen and oxygen atoms in total. The van der Waals surface area contributed by atoms with Crippen LogP contribution in [0.2, 0.25) is 0 Å². The second-order valence-corrected chi connectivity index (χ2v) is 6.52. The summed E-state index contributed by atoms with van der Waals surface area (Å²) in [6.07, 6.45) is 1.80. The van der Waals surface area contributed by atoms with Crippen LogP contribution in [0, 0.1) is 15.9 Å². The monoisotopic (exact) mass is 402 g/mol. The fourth-order valence-corrected chi connectivity index (χ4v) is 3.07. The van der Waals surface area contributed by atoms with E-state index in [-0.39, 0.29) is 17.2 Å². The Kier molecular flexibility index (Phi) is 6.07. The minimum atomic E-state index is -0.793. The molecule has 3 N–H and O–H groups in total. The highest BCUT2D eigenvalue weighted by molar-refractivity contribution is 7.09. The summed E-state index contributed by atoms with van der Waals surface area (Å²) in [6, 6.07) is 9.26. The van der Waals surface area contributed by atoms with Crippen LogP contribution in [-0.2, 0) is 6.42 Å². The maximum atomic E-state index is 13.7. The molecule has 0 radical (unpaired) electrons. The van der Waals surface area contributed by atoms with E-state index in [1.807, 2.05) is 17.5 Å². The van der Waals surface area contributed by atoms with Crippen molar-refractivity contribution >= 4 is 34.6 Å². The maximum Gasteiger partial charge on any atom is 0.354 e. The highest BCUT2D eigenvalue weighted by Crippen LogP contribution is 2.28. The van der Waals surface area contributed by atoms with Gasteiger partial charge in [-0.25, -0.2) is 14.4 Å². The molecule has 2 heterocycles. The molecule has 0 saturated carbocycles. The average Bonchev–Trinajstić information content (AvgIpc) is 3.20. The van der Waals surface area contributed by atoms with E-state index in [1.165, 1.54) is 18.2 Å². The van der Waals surface area contributed by atoms with Gasteiger partial charge in [-0.2, -0.15) is 0 Å². The van der Waals surface area contributed by atoms with Crippen molar-refractivity contribution in [3.8, 4) is 0 Å². The largest absolute Gasteiger partial charge is 0.364 e. The third kappa shape index (κ3) is 4.57. The maximum absolute atomic E-state index is 13.7. The molecule has 0 bridgehead atoms. The Balaban J connectivity index is 1.71. The van der Waals surface area contributed by atoms with E-state index >= 15 is 0 Å². The van der Waals surface area contributed by atoms with Gasteiger partial charge in [0.25, 0.3) is 5.91 Å². The summed E-state index contributed by atoms with van der Waals surface area (Å²) in [5.74, 6) is -1.71. The molecule has 0 aliphatic heterocycles. The van der Waals surface area contributed by atoms with Gasteiger partial charge in [0.15, 0.2) is 0 Å². The first kappa shape index (κ1) is 19.2. The zero-order valence-corrected chi connectivity index (χ0v) is 15.2. The van der Waals surface area contributed by atoms with Gasteiger partial charge in [-0.1, -0.05) is 18.2 Å². The van der Waals surface area contributed by atoms with Gasteiger partial charge >= 0.3 is 5.69 Å². The van der Waals surface area contributed by atoms with E-state index < -0.39 is 22.3 Å². The lowest BCUT2D eigenvalue weighted by Gasteiger charge is -2.11. The molecule has 3 rings (SSSR count). The number of thiophene rings is 1. The predicted octanol–water partition coefficient (Wildman–Crippen LogP) is 3.00. The summed E-state index contributed by atoms with van der Waals surface area (Å²) >= 11 is 1.58. The van der Waals surface area contributed by atoms with Crippen molar-refractivity contribution in [2.24, 2.45) is 0 Å². The molecular formula is C17H15FN6O3S. The summed E-state index contributed by atoms with van der Waals surface area (Å²) in [5, 5.41) is 16.3. The number of nitro groups is 1. The minimum absolute atomic E-state index is 0.0131. The van der Waals surface area contributed by atoms with Gasteiger partial charge in [-0.3, -0.25) is 25.8 Å². The summed E-state index contributed by atoms with van der Waals surface area (Å²) in [5.41, 5.74) is 3.94. The SMILES string of the molecule is O=C(NNc1ncnc(NCCc2cccs2)c1[N+](=O)[O-])c1ccccc1F. The van der Waals surface area contributed by atoms with Crippen LogP contribution >= 0.6 is 11.3 Å². The van der Waals surface area contributed by atoms with Crippen LogP contribution in [0.5, 0.6) is 0 Å². The lowest BCUT2D eigenvalue weighted by Crippen LogP contribution is -2.31. The van der Waals surface area contributed by atoms with Gasteiger partial charge < -0.3 is 5.32 Å². The van der Waals surface area contributed by atoms with Crippen LogP contribution < -0.4 is 16.2 Å². The molecule has 0 fully saturated rings. The fraction of sp³-hybridized carbons (Fsp3) is 0.118. The second kappa shape index (κ2) is 8.86. The predicted molar refractivity (Wildman–Crippen MR) is 103 cm³/mol. The van der Waals surface area contributed by atoms with Crippen LogP contribution in [0.25, 0.3) is 0 Å². The number of hydrazine groups is 1. The molecule has 144 valence electrons. The quantitative estimate of drug-likeness (QED) is 0.391. The van der Waals surface area contributed by atoms with Gasteiger partial charge in [0, 0.05) is 11.4 Å². The minimum Gasteiger partial charge on any atom is -0.364 e. The molecule has 11 heteroatoms. The molecule has 0 saturated heterocycles. The number of amides is 1. The molecule has 28 heavy (non-hydrogen) atoms. The number of aromatic nitrogens is 2. The first-order valence-corrected chi connectivity index (χ1v) is 9.00. The third-order valence-electron chi connectivity index (χ3n) is 3.66. The number of hydrogen-bond acceptors (Lipinski definition) is 8. The number of benzene rings is 1. The first-order valence-electron chi connectivity index (χ1n) is 8.13. The fourth-order valence-electron chi connectivity index (χ4n) is 2.36. The summed E-state index contributed by atoms with van der Waals surface area (Å²) in [4.78, 5) is 31.7. The normalized spacial score (nSPS) is 10.3. The van der Waals surface area contributed by atoms with E-state index in [0.717, 1.165) is 17.3 Å². The summed E-state index contributed by atoms with van der Waals surface area (Å²) in [7, 11) is 0. The number of nitrogens with zero attached hydrogens (tertiary/aromatic N) is 3. The molecule has 0 aliphatic carbocycles. The topological polar surface area (TPSA) is 122 Å². The Hall–Kier alpha value is -3.60. The standard InChI is InChI=1S/C17H15FN6O3S/c18-13-6-2-1-5-12(13)17(25)23-22-16-14(24(26)27)15(20-10-21-16)19-8-7-11-4-3-9-28-11/h1-6,9-10H,7-8H2,(H,23,25)(H2,19,20,21,22). The van der Waals surface area contributed by atoms with E-state index in [0.29, 0.717) is 13.0 Å². The smallest absolute Gasteiger partial charge is 0.354 e. The van der Waals surface area contributed by atoms with Crippen molar-refractivity contribution in [1.29, 1.82) is 0 Å². The van der Waals surface area contributed by atoms with Crippen molar-refractivity contribution in [3.63, 3.8) is 0 Å². The molecule has 1 amide bonds. The molecule has 0 atom stereocenters. The van der Waals surface area contributed by atoms with Crippen molar-refractivity contribution in [1.82, 2.24) is 15.4 Å². The number of hydrogen-bond donors (Lipinski definition) is 3. The lowest BCUT2D eigenvalue weighted by atomic mass is 10.2. The van der Waals surface area contributed by atoms with Gasteiger partial charge in [0.05, 0.1) is 10.5 Å². The Morgan fingerprint density at radius 2 is 1.96 bits per heavy atom. The zero-order valence-electron chi connectivity index (χ0n) is 14.4. The zero-order chi connectivity index (χ0) is 19.9. The number of halogens is 1. The van der Waals surface area contributed by atoms with Gasteiger partial charge in [0.2, 0.25) is 11.6 Å². The first-order chi connectivity index (χ1) is 13.6. The highest BCUT2D eigenvalue weighted by Gasteiger charge is 2.23. The van der Waals surface area contributed by atoms with Gasteiger partial charge in [-0.15, -0.1) is 11.3 Å². The van der Waals surface area contributed by atoms with Crippen molar-refractivity contribution in [2.45, 2.75) is 6.42 Å². The van der Waals surface area contributed by atoms with Crippen molar-refractivity contribution in [3.05, 3.63) is 74.5 Å². The molecular weight excluding hydrogens is 387 g/mol. The molecule has 0 spiro atoms. The van der Waals surface area contributed by atoms with Gasteiger partial charge in [-0.05, 0) is 30.0 Å². The number of nitrogens with one attached hydrogen (secondary N) is 3. The van der Waals surface area contributed by atoms with Crippen LogP contribution in [0.15, 0.2) is 48.1 Å². The molecule has 0 unspecified atom stereocenters. The van der Waals surface area contributed by atoms with Crippen LogP contribution in [0.4, 0.5) is 21.7 Å². The molecule has 2 aromatic heterocycles. The lowest BCUT2D eigenvalue weighted by molar-refractivity contribution is -0.383. The third-order valence-corrected chi connectivity index (χ3v) is 4.60. The van der Waals surface area contributed by atoms with E-state index in [9.17, 15) is 19.3 Å². The summed E-state index contributed by atoms with van der Waals surface area (Å²) < 4.78 is 13.7. The Bertz CT molecular complexity index is 983. The average molecular weight is 402 g/mol. The Labute approximate surface area is 162 Å². The molecule has 0 aliphatic rings. The molecule has 1 aromatic carbocycles. The number of carbonyl (C=O) groups excluding carboxylic acids is 1. The number of rotatable bonds is 8. The molecule has 3 aromatic rings. The Morgan fingerprint density at radius 1 is 1.18 bits per heavy atom. The Morgan fingerprint density at radius 3 is 2.68 bits per heavy atom. The number of carbonyl (C=O) groups is 1. The van der Waals surface area contributed by atoms with Crippen molar-refractivity contribution in [2.75, 3.05) is 17.3 Å². The van der Waals surface area contributed by atoms with E-state index in [2.05, 4.69) is 26.1 Å². The van der Waals surface area contributed by atoms with Crippen LogP contribution in [0.1, 0.15) is 15.2 Å². The van der Waals surface area contributed by atoms with Crippen LogP contribution in [-0.4, -0.2) is 27.3 Å². The van der Waals surface area contributed by atoms with Gasteiger partial charge in [0.1, 0.15) is 12.1 Å². The van der Waals surface area contributed by atoms with E-state index in [4.69, 9.17) is 0 Å². The highest BCUT2D eigenvalue weighted by atomic mass is 32.1. The summed E-state index contributed by atoms with van der Waals surface area (Å²) in [6.45, 7) is 0.430. The van der Waals surface area contributed by atoms with E-state index in [1.54, 1.807) is 11.3 Å². The second-order valence-electron chi connectivity index (χ2n) is 5.49.